The molecule has 0 saturated carbocycles. The van der Waals surface area contributed by atoms with Gasteiger partial charge >= 0.3 is 5.69 Å². The summed E-state index contributed by atoms with van der Waals surface area (Å²) in [4.78, 5) is 22.2. The first-order valence-corrected chi connectivity index (χ1v) is 6.14. The number of nitrogens with two attached hydrogens (primary N) is 1. The van der Waals surface area contributed by atoms with Crippen LogP contribution in [0, 0.1) is 16.0 Å². The van der Waals surface area contributed by atoms with Crippen molar-refractivity contribution >= 4 is 17.5 Å². The first kappa shape index (κ1) is 13.5. The van der Waals surface area contributed by atoms with E-state index in [1.54, 1.807) is 11.9 Å². The van der Waals surface area contributed by atoms with E-state index in [0.717, 1.165) is 32.3 Å². The quantitative estimate of drug-likeness (QED) is 0.620. The molecule has 2 N–H and O–H groups in total. The molecule has 104 valence electrons. The van der Waals surface area contributed by atoms with E-state index in [9.17, 15) is 10.1 Å². The second-order valence-corrected chi connectivity index (χ2v) is 4.99. The topological polar surface area (TPSA) is 101 Å². The zero-order chi connectivity index (χ0) is 14.0. The third-order valence-electron chi connectivity index (χ3n) is 3.35. The van der Waals surface area contributed by atoms with Gasteiger partial charge in [-0.05, 0) is 25.9 Å². The van der Waals surface area contributed by atoms with Gasteiger partial charge in [0.1, 0.15) is 6.20 Å². The lowest BCUT2D eigenvalue weighted by atomic mass is 10.1. The zero-order valence-corrected chi connectivity index (χ0v) is 11.1. The fourth-order valence-corrected chi connectivity index (χ4v) is 2.44. The maximum atomic E-state index is 11.0. The van der Waals surface area contributed by atoms with Crippen molar-refractivity contribution in [1.29, 1.82) is 0 Å². The number of hydrogen-bond donors (Lipinski definition) is 1. The standard InChI is InChI=1S/C11H18N6O2/c1-15-4-3-8(6-15)7-16(2)10-9(17(18)19)5-13-11(12)14-10/h5,8H,3-4,6-7H2,1-2H3,(H2,12,13,14). The van der Waals surface area contributed by atoms with Crippen molar-refractivity contribution in [2.75, 3.05) is 44.4 Å². The average molecular weight is 266 g/mol. The highest BCUT2D eigenvalue weighted by Gasteiger charge is 2.25. The second kappa shape index (κ2) is 5.35. The minimum absolute atomic E-state index is 0.0518. The van der Waals surface area contributed by atoms with Crippen LogP contribution in [0.25, 0.3) is 0 Å². The molecule has 1 aromatic rings. The smallest absolute Gasteiger partial charge is 0.329 e. The van der Waals surface area contributed by atoms with E-state index in [4.69, 9.17) is 5.73 Å². The molecule has 0 radical (unpaired) electrons. The molecule has 1 unspecified atom stereocenters. The van der Waals surface area contributed by atoms with Gasteiger partial charge < -0.3 is 15.5 Å². The van der Waals surface area contributed by atoms with Gasteiger partial charge in [0, 0.05) is 20.1 Å². The molecule has 0 aliphatic carbocycles. The molecule has 0 spiro atoms. The van der Waals surface area contributed by atoms with E-state index in [0.29, 0.717) is 5.92 Å². The maximum Gasteiger partial charge on any atom is 0.329 e. The Kier molecular flexibility index (Phi) is 3.79. The Hall–Kier alpha value is -1.96. The number of anilines is 2. The average Bonchev–Trinajstić information content (AvgIpc) is 2.74. The highest BCUT2D eigenvalue weighted by molar-refractivity contribution is 5.57. The Labute approximate surface area is 111 Å². The highest BCUT2D eigenvalue weighted by atomic mass is 16.6. The number of rotatable bonds is 4. The van der Waals surface area contributed by atoms with Crippen molar-refractivity contribution in [2.24, 2.45) is 5.92 Å². The molecule has 1 aliphatic heterocycles. The van der Waals surface area contributed by atoms with Crippen LogP contribution in [0.5, 0.6) is 0 Å². The van der Waals surface area contributed by atoms with Crippen molar-refractivity contribution in [3.8, 4) is 0 Å². The fraction of sp³-hybridized carbons (Fsp3) is 0.636. The summed E-state index contributed by atoms with van der Waals surface area (Å²) in [7, 11) is 3.87. The van der Waals surface area contributed by atoms with E-state index in [-0.39, 0.29) is 17.5 Å². The number of hydrogen-bond acceptors (Lipinski definition) is 7. The number of likely N-dealkylation sites (tertiary alicyclic amines) is 1. The van der Waals surface area contributed by atoms with Crippen LogP contribution in [-0.2, 0) is 0 Å². The lowest BCUT2D eigenvalue weighted by Gasteiger charge is -2.21. The third-order valence-corrected chi connectivity index (χ3v) is 3.35. The van der Waals surface area contributed by atoms with Crippen LogP contribution in [0.4, 0.5) is 17.5 Å². The molecule has 0 bridgehead atoms. The van der Waals surface area contributed by atoms with Gasteiger partial charge in [-0.3, -0.25) is 10.1 Å². The SMILES string of the molecule is CN1CCC(CN(C)c2nc(N)ncc2[N+](=O)[O-])C1. The lowest BCUT2D eigenvalue weighted by Crippen LogP contribution is -2.28. The minimum Gasteiger partial charge on any atom is -0.368 e. The van der Waals surface area contributed by atoms with Gasteiger partial charge in [0.05, 0.1) is 4.92 Å². The van der Waals surface area contributed by atoms with Crippen LogP contribution in [0.3, 0.4) is 0 Å². The summed E-state index contributed by atoms with van der Waals surface area (Å²) in [6, 6.07) is 0. The van der Waals surface area contributed by atoms with Gasteiger partial charge in [0.15, 0.2) is 0 Å². The Bertz CT molecular complexity index is 480. The van der Waals surface area contributed by atoms with Crippen molar-refractivity contribution in [3.05, 3.63) is 16.3 Å². The van der Waals surface area contributed by atoms with Crippen molar-refractivity contribution in [1.82, 2.24) is 14.9 Å². The Morgan fingerprint density at radius 3 is 3.00 bits per heavy atom. The van der Waals surface area contributed by atoms with E-state index in [1.807, 2.05) is 0 Å². The molecule has 2 rings (SSSR count). The van der Waals surface area contributed by atoms with Crippen LogP contribution in [0.1, 0.15) is 6.42 Å². The largest absolute Gasteiger partial charge is 0.368 e. The first-order chi connectivity index (χ1) is 8.97. The molecular formula is C11H18N6O2. The highest BCUT2D eigenvalue weighted by Crippen LogP contribution is 2.26. The van der Waals surface area contributed by atoms with Gasteiger partial charge in [-0.2, -0.15) is 4.98 Å². The Balaban J connectivity index is 2.15. The summed E-state index contributed by atoms with van der Waals surface area (Å²) < 4.78 is 0. The Morgan fingerprint density at radius 1 is 1.68 bits per heavy atom. The first-order valence-electron chi connectivity index (χ1n) is 6.14. The monoisotopic (exact) mass is 266 g/mol. The predicted molar refractivity (Wildman–Crippen MR) is 72.0 cm³/mol. The summed E-state index contributed by atoms with van der Waals surface area (Å²) in [5.41, 5.74) is 5.41. The van der Waals surface area contributed by atoms with Gasteiger partial charge in [-0.25, -0.2) is 4.98 Å². The summed E-state index contributed by atoms with van der Waals surface area (Å²) in [5, 5.41) is 11.0. The molecule has 0 aromatic carbocycles. The van der Waals surface area contributed by atoms with Crippen molar-refractivity contribution < 1.29 is 4.92 Å². The van der Waals surface area contributed by atoms with Gasteiger partial charge in [0.2, 0.25) is 11.8 Å². The van der Waals surface area contributed by atoms with Gasteiger partial charge in [-0.1, -0.05) is 0 Å². The molecule has 19 heavy (non-hydrogen) atoms. The molecule has 1 fully saturated rings. The molecule has 1 atom stereocenters. The summed E-state index contributed by atoms with van der Waals surface area (Å²) in [5.74, 6) is 0.828. The van der Waals surface area contributed by atoms with Crippen molar-refractivity contribution in [2.45, 2.75) is 6.42 Å². The molecule has 1 aliphatic rings. The predicted octanol–water partition coefficient (Wildman–Crippen LogP) is 0.355. The number of nitro groups is 1. The summed E-state index contributed by atoms with van der Waals surface area (Å²) in [6.07, 6.45) is 2.25. The number of nitrogens with zero attached hydrogens (tertiary/aromatic N) is 5. The van der Waals surface area contributed by atoms with E-state index < -0.39 is 4.92 Å². The molecular weight excluding hydrogens is 248 g/mol. The normalized spacial score (nSPS) is 19.6. The van der Waals surface area contributed by atoms with Gasteiger partial charge in [0.25, 0.3) is 0 Å². The van der Waals surface area contributed by atoms with Crippen LogP contribution in [-0.4, -0.2) is 53.5 Å². The summed E-state index contributed by atoms with van der Waals surface area (Å²) in [6.45, 7) is 2.78. The fourth-order valence-electron chi connectivity index (χ4n) is 2.44. The van der Waals surface area contributed by atoms with Crippen LogP contribution in [0.2, 0.25) is 0 Å². The molecule has 8 nitrogen and oxygen atoms in total. The Morgan fingerprint density at radius 2 is 2.42 bits per heavy atom. The number of nitrogen functional groups attached to an aromatic ring is 1. The van der Waals surface area contributed by atoms with E-state index >= 15 is 0 Å². The minimum atomic E-state index is -0.480. The molecule has 0 amide bonds. The molecule has 2 heterocycles. The van der Waals surface area contributed by atoms with E-state index in [1.165, 1.54) is 0 Å². The summed E-state index contributed by atoms with van der Waals surface area (Å²) >= 11 is 0. The second-order valence-electron chi connectivity index (χ2n) is 4.99. The van der Waals surface area contributed by atoms with Gasteiger partial charge in [-0.15, -0.1) is 0 Å². The molecule has 8 heteroatoms. The van der Waals surface area contributed by atoms with Crippen LogP contribution >= 0.6 is 0 Å². The molecule has 1 saturated heterocycles. The zero-order valence-electron chi connectivity index (χ0n) is 11.1. The lowest BCUT2D eigenvalue weighted by molar-refractivity contribution is -0.384. The third kappa shape index (κ3) is 3.08. The maximum absolute atomic E-state index is 11.0. The van der Waals surface area contributed by atoms with Crippen LogP contribution < -0.4 is 10.6 Å². The van der Waals surface area contributed by atoms with Crippen LogP contribution in [0.15, 0.2) is 6.20 Å². The van der Waals surface area contributed by atoms with E-state index in [2.05, 4.69) is 21.9 Å². The molecule has 1 aromatic heterocycles. The van der Waals surface area contributed by atoms with Crippen molar-refractivity contribution in [3.63, 3.8) is 0 Å². The number of aromatic nitrogens is 2.